The summed E-state index contributed by atoms with van der Waals surface area (Å²) in [5.74, 6) is -2.21. The fourth-order valence-corrected chi connectivity index (χ4v) is 6.70. The lowest BCUT2D eigenvalue weighted by molar-refractivity contribution is -0.121. The molecule has 9 nitrogen and oxygen atoms in total. The van der Waals surface area contributed by atoms with E-state index in [1.54, 1.807) is 6.07 Å². The summed E-state index contributed by atoms with van der Waals surface area (Å²) in [5, 5.41) is 17.3. The monoisotopic (exact) mass is 677 g/mol. The minimum Gasteiger partial charge on any atom is -0.326 e. The molecule has 2 aliphatic rings. The van der Waals surface area contributed by atoms with Crippen molar-refractivity contribution >= 4 is 56.4 Å². The third-order valence-corrected chi connectivity index (χ3v) is 9.91. The van der Waals surface area contributed by atoms with Crippen LogP contribution in [0.3, 0.4) is 0 Å². The molecule has 0 saturated carbocycles. The molecule has 14 heteroatoms. The van der Waals surface area contributed by atoms with E-state index < -0.39 is 27.6 Å². The SMILES string of the molecule is N#Cc1ccc(S(=O)(=O)N2CCC[C@H](C(=O)Nc3ccc(Cl)c(F)c3)C2)cc1.O=C(Nc1ccc(Cl)c(F)c1)[C@H]1CCCNC1. The Bertz CT molecular complexity index is 1680. The molecule has 2 fully saturated rings. The van der Waals surface area contributed by atoms with E-state index in [9.17, 15) is 26.8 Å². The Kier molecular flexibility index (Phi) is 11.9. The van der Waals surface area contributed by atoms with Gasteiger partial charge < -0.3 is 16.0 Å². The van der Waals surface area contributed by atoms with Crippen LogP contribution in [0.2, 0.25) is 10.0 Å². The van der Waals surface area contributed by atoms with Gasteiger partial charge in [0, 0.05) is 31.0 Å². The first kappa shape index (κ1) is 34.3. The third-order valence-electron chi connectivity index (χ3n) is 7.42. The molecule has 2 amide bonds. The van der Waals surface area contributed by atoms with Gasteiger partial charge >= 0.3 is 0 Å². The predicted octanol–water partition coefficient (Wildman–Crippen LogP) is 5.81. The predicted molar refractivity (Wildman–Crippen MR) is 168 cm³/mol. The number of anilines is 2. The highest BCUT2D eigenvalue weighted by Gasteiger charge is 2.33. The number of amides is 2. The van der Waals surface area contributed by atoms with Crippen molar-refractivity contribution in [2.75, 3.05) is 36.8 Å². The Morgan fingerprint density at radius 1 is 0.867 bits per heavy atom. The zero-order valence-electron chi connectivity index (χ0n) is 24.0. The quantitative estimate of drug-likeness (QED) is 0.302. The summed E-state index contributed by atoms with van der Waals surface area (Å²) in [6.45, 7) is 1.98. The molecule has 2 saturated heterocycles. The van der Waals surface area contributed by atoms with Crippen molar-refractivity contribution < 1.29 is 26.8 Å². The highest BCUT2D eigenvalue weighted by molar-refractivity contribution is 7.89. The highest BCUT2D eigenvalue weighted by Crippen LogP contribution is 2.26. The van der Waals surface area contributed by atoms with E-state index >= 15 is 0 Å². The zero-order chi connectivity index (χ0) is 32.6. The first-order chi connectivity index (χ1) is 21.5. The van der Waals surface area contributed by atoms with E-state index in [1.165, 1.54) is 52.8 Å². The minimum absolute atomic E-state index is 0.0320. The molecular formula is C31H31Cl2F2N5O4S. The molecule has 0 unspecified atom stereocenters. The Balaban J connectivity index is 0.000000231. The van der Waals surface area contributed by atoms with Crippen molar-refractivity contribution in [3.8, 4) is 6.07 Å². The van der Waals surface area contributed by atoms with Crippen LogP contribution in [0.1, 0.15) is 31.2 Å². The van der Waals surface area contributed by atoms with E-state index in [1.807, 2.05) is 6.07 Å². The summed E-state index contributed by atoms with van der Waals surface area (Å²) in [4.78, 5) is 24.5. The van der Waals surface area contributed by atoms with Crippen molar-refractivity contribution in [1.29, 1.82) is 5.26 Å². The number of hydrogen-bond acceptors (Lipinski definition) is 6. The number of rotatable bonds is 6. The van der Waals surface area contributed by atoms with Gasteiger partial charge in [-0.15, -0.1) is 0 Å². The summed E-state index contributed by atoms with van der Waals surface area (Å²) >= 11 is 11.2. The standard InChI is InChI=1S/C19H17ClFN3O3S.C12H14ClFN2O/c20-17-8-5-15(10-18(17)21)23-19(25)14-2-1-9-24(12-14)28(26,27)16-6-3-13(11-22)4-7-16;13-10-4-3-9(6-11(10)14)16-12(17)8-2-1-5-15-7-8/h3-8,10,14H,1-2,9,12H2,(H,23,25);3-4,6,8,15H,1-2,5,7H2,(H,16,17)/t14-;8-/m00/s1. The molecule has 0 radical (unpaired) electrons. The summed E-state index contributed by atoms with van der Waals surface area (Å²) in [5.41, 5.74) is 1.08. The van der Waals surface area contributed by atoms with E-state index in [-0.39, 0.29) is 44.9 Å². The summed E-state index contributed by atoms with van der Waals surface area (Å²) < 4.78 is 53.7. The van der Waals surface area contributed by atoms with Crippen LogP contribution in [0, 0.1) is 34.8 Å². The van der Waals surface area contributed by atoms with Crippen LogP contribution in [0.15, 0.2) is 65.6 Å². The average Bonchev–Trinajstić information content (AvgIpc) is 3.05. The average molecular weight is 679 g/mol. The number of hydrogen-bond donors (Lipinski definition) is 3. The number of sulfonamides is 1. The molecule has 0 bridgehead atoms. The molecule has 5 rings (SSSR count). The maximum Gasteiger partial charge on any atom is 0.243 e. The molecule has 238 valence electrons. The van der Waals surface area contributed by atoms with Crippen LogP contribution < -0.4 is 16.0 Å². The van der Waals surface area contributed by atoms with Gasteiger partial charge in [-0.05, 0) is 92.9 Å². The van der Waals surface area contributed by atoms with E-state index in [4.69, 9.17) is 28.5 Å². The van der Waals surface area contributed by atoms with Crippen LogP contribution >= 0.6 is 23.2 Å². The Morgan fingerprint density at radius 2 is 1.42 bits per heavy atom. The number of nitrogens with zero attached hydrogens (tertiary/aromatic N) is 2. The molecule has 0 spiro atoms. The lowest BCUT2D eigenvalue weighted by Crippen LogP contribution is -2.43. The normalized spacial score (nSPS) is 18.6. The highest BCUT2D eigenvalue weighted by atomic mass is 35.5. The number of halogens is 4. The first-order valence-electron chi connectivity index (χ1n) is 14.2. The van der Waals surface area contributed by atoms with Crippen LogP contribution in [0.5, 0.6) is 0 Å². The topological polar surface area (TPSA) is 131 Å². The van der Waals surface area contributed by atoms with Gasteiger partial charge in [0.15, 0.2) is 0 Å². The lowest BCUT2D eigenvalue weighted by atomic mass is 9.99. The molecule has 3 aromatic rings. The molecule has 2 aliphatic heterocycles. The molecule has 3 aromatic carbocycles. The van der Waals surface area contributed by atoms with Crippen molar-refractivity contribution in [1.82, 2.24) is 9.62 Å². The molecule has 2 atom stereocenters. The van der Waals surface area contributed by atoms with Gasteiger partial charge in [-0.2, -0.15) is 9.57 Å². The van der Waals surface area contributed by atoms with Crippen molar-refractivity contribution in [3.05, 3.63) is 87.9 Å². The van der Waals surface area contributed by atoms with Crippen molar-refractivity contribution in [2.24, 2.45) is 11.8 Å². The zero-order valence-corrected chi connectivity index (χ0v) is 26.4. The number of benzene rings is 3. The maximum absolute atomic E-state index is 13.5. The largest absolute Gasteiger partial charge is 0.326 e. The number of nitrogens with one attached hydrogen (secondary N) is 3. The lowest BCUT2D eigenvalue weighted by Gasteiger charge is -2.31. The maximum atomic E-state index is 13.5. The minimum atomic E-state index is -3.77. The second-order valence-corrected chi connectivity index (χ2v) is 13.4. The van der Waals surface area contributed by atoms with Gasteiger partial charge in [-0.1, -0.05) is 23.2 Å². The van der Waals surface area contributed by atoms with Gasteiger partial charge in [0.05, 0.1) is 38.4 Å². The summed E-state index contributed by atoms with van der Waals surface area (Å²) in [6, 6.07) is 15.8. The van der Waals surface area contributed by atoms with Gasteiger partial charge in [-0.25, -0.2) is 17.2 Å². The van der Waals surface area contributed by atoms with E-state index in [0.717, 1.165) is 25.5 Å². The van der Waals surface area contributed by atoms with Crippen molar-refractivity contribution in [2.45, 2.75) is 30.6 Å². The Hall–Kier alpha value is -3.60. The molecule has 0 aromatic heterocycles. The second kappa shape index (κ2) is 15.6. The Morgan fingerprint density at radius 3 is 1.93 bits per heavy atom. The van der Waals surface area contributed by atoms with Gasteiger partial charge in [0.1, 0.15) is 11.6 Å². The van der Waals surface area contributed by atoms with Gasteiger partial charge in [0.25, 0.3) is 0 Å². The van der Waals surface area contributed by atoms with Crippen LogP contribution in [0.4, 0.5) is 20.2 Å². The number of nitriles is 1. The van der Waals surface area contributed by atoms with Crippen LogP contribution in [-0.4, -0.2) is 50.7 Å². The van der Waals surface area contributed by atoms with Crippen LogP contribution in [0.25, 0.3) is 0 Å². The summed E-state index contributed by atoms with van der Waals surface area (Å²) in [7, 11) is -3.77. The Labute approximate surface area is 270 Å². The molecule has 3 N–H and O–H groups in total. The molecular weight excluding hydrogens is 647 g/mol. The fraction of sp³-hybridized carbons (Fsp3) is 0.323. The van der Waals surface area contributed by atoms with Crippen LogP contribution in [-0.2, 0) is 19.6 Å². The molecule has 0 aliphatic carbocycles. The van der Waals surface area contributed by atoms with Crippen molar-refractivity contribution in [3.63, 3.8) is 0 Å². The summed E-state index contributed by atoms with van der Waals surface area (Å²) in [6.07, 6.45) is 2.92. The molecule has 2 heterocycles. The first-order valence-corrected chi connectivity index (χ1v) is 16.4. The fourth-order valence-electron chi connectivity index (χ4n) is 4.94. The number of piperidine rings is 2. The third kappa shape index (κ3) is 9.22. The number of carbonyl (C=O) groups is 2. The van der Waals surface area contributed by atoms with Gasteiger partial charge in [0.2, 0.25) is 21.8 Å². The van der Waals surface area contributed by atoms with E-state index in [0.29, 0.717) is 37.2 Å². The number of carbonyl (C=O) groups excluding carboxylic acids is 2. The van der Waals surface area contributed by atoms with Gasteiger partial charge in [-0.3, -0.25) is 9.59 Å². The smallest absolute Gasteiger partial charge is 0.243 e. The second-order valence-electron chi connectivity index (χ2n) is 10.6. The van der Waals surface area contributed by atoms with E-state index in [2.05, 4.69) is 16.0 Å². The molecule has 45 heavy (non-hydrogen) atoms.